The molecule has 5 aliphatic heterocycles. The maximum atomic E-state index is 12.3. The van der Waals surface area contributed by atoms with E-state index in [0.717, 1.165) is 171 Å². The second-order valence-corrected chi connectivity index (χ2v) is 39.0. The van der Waals surface area contributed by atoms with Crippen molar-refractivity contribution in [2.24, 2.45) is 5.92 Å². The number of rotatable bonds is 25. The molecule has 7 aliphatic rings. The second-order valence-electron chi connectivity index (χ2n) is 37.5. The van der Waals surface area contributed by atoms with E-state index in [1.807, 2.05) is 103 Å². The van der Waals surface area contributed by atoms with Gasteiger partial charge in [-0.05, 0) is 275 Å². The van der Waals surface area contributed by atoms with E-state index in [1.165, 1.54) is 124 Å². The summed E-state index contributed by atoms with van der Waals surface area (Å²) in [6.07, 6.45) is 19.2. The van der Waals surface area contributed by atoms with Crippen LogP contribution in [0.25, 0.3) is 5.65 Å². The van der Waals surface area contributed by atoms with E-state index in [4.69, 9.17) is 26.2 Å². The zero-order chi connectivity index (χ0) is 96.0. The minimum absolute atomic E-state index is 0.0635. The molecular formula is C110H146ClN15O8S. The molecule has 2 saturated carbocycles. The summed E-state index contributed by atoms with van der Waals surface area (Å²) in [5, 5.41) is 41.8. The summed E-state index contributed by atoms with van der Waals surface area (Å²) in [6, 6.07) is 73.6. The molecule has 18 rings (SSSR count). The summed E-state index contributed by atoms with van der Waals surface area (Å²) in [4.78, 5) is 63.0. The highest BCUT2D eigenvalue weighted by Gasteiger charge is 2.42. The molecule has 3 aromatic heterocycles. The van der Waals surface area contributed by atoms with Crippen molar-refractivity contribution in [3.05, 3.63) is 285 Å². The predicted octanol–water partition coefficient (Wildman–Crippen LogP) is 18.9. The Balaban J connectivity index is 0.000000143. The fourth-order valence-electron chi connectivity index (χ4n) is 19.4. The Kier molecular flexibility index (Phi) is 39.0. The maximum absolute atomic E-state index is 12.3. The summed E-state index contributed by atoms with van der Waals surface area (Å²) in [5.74, 6) is 3.54. The number of methoxy groups -OCH3 is 2. The number of aryl methyl sites for hydroxylation is 1. The number of piperazine rings is 2. The summed E-state index contributed by atoms with van der Waals surface area (Å²) >= 11 is 7.96. The molecule has 25 heteroatoms. The molecule has 0 spiro atoms. The Labute approximate surface area is 811 Å². The molecule has 135 heavy (non-hydrogen) atoms. The fraction of sp³-hybridized carbons (Fsp3) is 0.445. The normalized spacial score (nSPS) is 17.9. The van der Waals surface area contributed by atoms with Gasteiger partial charge < -0.3 is 74.6 Å². The standard InChI is InChI=1S/C19H22ClN5O.C17H19N3.C17H20N2S.C17H27NO2.C16H24N2O.C16H25NO2.C8H9NO2/c20-16-5-3-6-17(15-16)23-13-11-22(12-14-23)8-4-10-25-19(26)24-9-2-1-7-18(24)21-25;1-19-9-10-20-16(12-19)15-7-3-2-5-13(15)11-14-6-4-8-18-17(14)20;1-13(18(2)3)12-19-14-8-4-6-10-16(14)20-17-11-7-5-9-15(17)19;1-18(2)13-16(17(19)11-5-4-6-12-17)14-7-9-15(20-3)10-8-14;1-3-9-18(10-4-2)11-8-13-6-5-7-15-14(13)12-16(19)17-15;1-17(2)12-14-7-4-5-10-16(14,18)13-8-6-9-15(11-13)19-3;1-6(10)9-7-2-4-8(11)5-3-7/h1-3,5-7,9,15H,4,8,10-14H2;2-8,16H,9-12H2,1H3;4-11,13H,12H2,1-3H3;7-10,16,19H,4-6,11-13H2,1-3H3;5-7H,3-4,8-12H2,1-2H3,(H,17,19);6,8-9,11,14,18H,4-5,7,10,12H2,1-3H3;2-5,11H,1H3,(H,9,10)/t;;;;;14-,16+;/m.....1./s1. The molecule has 0 radical (unpaired) electrons. The molecule has 3 unspecified atom stereocenters. The lowest BCUT2D eigenvalue weighted by Crippen LogP contribution is -2.47. The number of carbonyl (C=O) groups is 2. The molecule has 2 amide bonds. The largest absolute Gasteiger partial charge is 0.508 e. The number of carbonyl (C=O) groups excluding carboxylic acids is 2. The van der Waals surface area contributed by atoms with Gasteiger partial charge in [0.25, 0.3) is 0 Å². The smallest absolute Gasteiger partial charge is 0.350 e. The molecule has 4 fully saturated rings. The highest BCUT2D eigenvalue weighted by molar-refractivity contribution is 7.99. The number of nitrogens with one attached hydrogen (secondary N) is 2. The number of aromatic hydroxyl groups is 1. The van der Waals surface area contributed by atoms with Crippen LogP contribution in [0.5, 0.6) is 17.2 Å². The van der Waals surface area contributed by atoms with Crippen LogP contribution in [0.2, 0.25) is 5.02 Å². The number of aliphatic hydroxyl groups is 2. The molecule has 5 N–H and O–H groups in total. The number of aromatic nitrogens is 4. The third kappa shape index (κ3) is 29.0. The highest BCUT2D eigenvalue weighted by atomic mass is 35.5. The first-order valence-corrected chi connectivity index (χ1v) is 49.7. The van der Waals surface area contributed by atoms with Crippen LogP contribution in [-0.2, 0) is 41.0 Å². The quantitative estimate of drug-likeness (QED) is 0.0336. The SMILES string of the molecule is CC(=O)Nc1ccc(O)cc1.CC(CN1c2ccccc2Sc2ccccc21)N(C)C.CCCN(CCC)CCc1cccc2c1CC(=O)N2.CN1CCN2c3ncccc3Cc3ccccc3C2C1.COc1ccc(C(CN(C)C)C2(O)CCCCC2)cc1.COc1cccc([C@@]2(O)CCCC[C@@H]2CN(C)C)c1.O=c1n(CCCN2CCN(c3cccc(Cl)c3)CC2)nc2ccccn12. The first-order valence-electron chi connectivity index (χ1n) is 48.5. The van der Waals surface area contributed by atoms with E-state index in [9.17, 15) is 24.6 Å². The number of nitrogens with zero attached hydrogens (tertiary/aromatic N) is 13. The number of hydrogen-bond acceptors (Lipinski definition) is 20. The van der Waals surface area contributed by atoms with Crippen molar-refractivity contribution in [2.75, 3.05) is 181 Å². The van der Waals surface area contributed by atoms with Crippen LogP contribution in [-0.4, -0.2) is 243 Å². The Morgan fingerprint density at radius 3 is 2.00 bits per heavy atom. The molecule has 11 aromatic rings. The Morgan fingerprint density at radius 1 is 0.667 bits per heavy atom. The number of fused-ring (bicyclic) bond motifs is 9. The molecular weight excluding hydrogens is 1730 g/mol. The number of ether oxygens (including phenoxy) is 2. The van der Waals surface area contributed by atoms with Crippen molar-refractivity contribution in [1.29, 1.82) is 0 Å². The molecule has 5 atom stereocenters. The van der Waals surface area contributed by atoms with Crippen LogP contribution in [0, 0.1) is 5.92 Å². The molecule has 0 bridgehead atoms. The molecule has 8 heterocycles. The van der Waals surface area contributed by atoms with Crippen molar-refractivity contribution in [3.63, 3.8) is 0 Å². The van der Waals surface area contributed by atoms with Crippen molar-refractivity contribution in [3.8, 4) is 17.2 Å². The van der Waals surface area contributed by atoms with Crippen molar-refractivity contribution < 1.29 is 34.4 Å². The number of likely N-dealkylation sites (N-methyl/N-ethyl adjacent to an activating group) is 3. The molecule has 8 aromatic carbocycles. The summed E-state index contributed by atoms with van der Waals surface area (Å²) < 4.78 is 13.7. The number of anilines is 6. The van der Waals surface area contributed by atoms with Gasteiger partial charge in [0, 0.05) is 161 Å². The van der Waals surface area contributed by atoms with Crippen LogP contribution in [0.15, 0.2) is 245 Å². The van der Waals surface area contributed by atoms with E-state index < -0.39 is 11.2 Å². The first kappa shape index (κ1) is 103. The summed E-state index contributed by atoms with van der Waals surface area (Å²) in [6.45, 7) is 23.3. The second kappa shape index (κ2) is 51.0. The van der Waals surface area contributed by atoms with E-state index >= 15 is 0 Å². The van der Waals surface area contributed by atoms with Crippen LogP contribution in [0.1, 0.15) is 156 Å². The van der Waals surface area contributed by atoms with E-state index in [1.54, 1.807) is 41.6 Å². The van der Waals surface area contributed by atoms with Crippen LogP contribution < -0.4 is 40.5 Å². The molecule has 2 saturated heterocycles. The van der Waals surface area contributed by atoms with Crippen molar-refractivity contribution in [2.45, 2.75) is 170 Å². The van der Waals surface area contributed by atoms with Gasteiger partial charge in [-0.2, -0.15) is 0 Å². The lowest BCUT2D eigenvalue weighted by atomic mass is 9.71. The van der Waals surface area contributed by atoms with Gasteiger partial charge in [0.15, 0.2) is 5.65 Å². The number of halogens is 1. The van der Waals surface area contributed by atoms with Gasteiger partial charge in [-0.3, -0.25) is 18.9 Å². The number of amides is 2. The summed E-state index contributed by atoms with van der Waals surface area (Å²) in [5.41, 5.74) is 13.9. The van der Waals surface area contributed by atoms with Crippen molar-refractivity contribution in [1.82, 2.24) is 48.6 Å². The van der Waals surface area contributed by atoms with Gasteiger partial charge in [0.1, 0.15) is 23.1 Å². The Hall–Kier alpha value is -10.6. The van der Waals surface area contributed by atoms with Gasteiger partial charge in [-0.15, -0.1) is 5.10 Å². The lowest BCUT2D eigenvalue weighted by molar-refractivity contribution is -0.115. The zero-order valence-electron chi connectivity index (χ0n) is 81.9. The number of pyridine rings is 2. The number of para-hydroxylation sites is 2. The number of phenolic OH excluding ortho intramolecular Hbond substituents is 1. The van der Waals surface area contributed by atoms with Crippen LogP contribution in [0.4, 0.5) is 34.3 Å². The van der Waals surface area contributed by atoms with Gasteiger partial charge in [-0.25, -0.2) is 14.5 Å². The monoisotopic (exact) mass is 1870 g/mol. The average molecular weight is 1870 g/mol. The van der Waals surface area contributed by atoms with Crippen LogP contribution >= 0.6 is 23.4 Å². The topological polar surface area (TPSA) is 219 Å². The third-order valence-corrected chi connectivity index (χ3v) is 28.1. The van der Waals surface area contributed by atoms with Crippen LogP contribution in [0.3, 0.4) is 0 Å². The predicted molar refractivity (Wildman–Crippen MR) is 554 cm³/mol. The average Bonchev–Trinajstić information content (AvgIpc) is 1.72. The van der Waals surface area contributed by atoms with E-state index in [-0.39, 0.29) is 29.2 Å². The maximum Gasteiger partial charge on any atom is 0.350 e. The van der Waals surface area contributed by atoms with Gasteiger partial charge in [-0.1, -0.05) is 172 Å². The van der Waals surface area contributed by atoms with Crippen molar-refractivity contribution >= 4 is 75.1 Å². The third-order valence-electron chi connectivity index (χ3n) is 26.7. The van der Waals surface area contributed by atoms with Gasteiger partial charge >= 0.3 is 5.69 Å². The Bertz CT molecular complexity index is 5540. The molecule has 2 aliphatic carbocycles. The highest BCUT2D eigenvalue weighted by Crippen LogP contribution is 2.49. The zero-order valence-corrected chi connectivity index (χ0v) is 83.5. The lowest BCUT2D eigenvalue weighted by Gasteiger charge is -2.41. The first-order chi connectivity index (χ1) is 65.2. The van der Waals surface area contributed by atoms with Gasteiger partial charge in [0.05, 0.1) is 49.3 Å². The minimum Gasteiger partial charge on any atom is -0.508 e. The fourth-order valence-corrected chi connectivity index (χ4v) is 20.7. The minimum atomic E-state index is -0.711. The molecule has 722 valence electrons. The Morgan fingerprint density at radius 2 is 1.33 bits per heavy atom. The molecule has 23 nitrogen and oxygen atoms in total. The number of benzene rings is 8. The van der Waals surface area contributed by atoms with E-state index in [2.05, 4.69) is 244 Å². The number of phenols is 1. The van der Waals surface area contributed by atoms with Gasteiger partial charge in [0.2, 0.25) is 11.8 Å². The van der Waals surface area contributed by atoms with E-state index in [0.29, 0.717) is 42.3 Å². The number of hydrogen-bond donors (Lipinski definition) is 5. The summed E-state index contributed by atoms with van der Waals surface area (Å²) in [7, 11) is 18.1.